The first kappa shape index (κ1) is 15.6. The van der Waals surface area contributed by atoms with Gasteiger partial charge in [-0.15, -0.1) is 6.58 Å². The fourth-order valence-corrected chi connectivity index (χ4v) is 2.55. The van der Waals surface area contributed by atoms with Gasteiger partial charge in [-0.2, -0.15) is 0 Å². The van der Waals surface area contributed by atoms with E-state index in [0.717, 1.165) is 31.6 Å². The third-order valence-electron chi connectivity index (χ3n) is 3.81. The zero-order valence-corrected chi connectivity index (χ0v) is 12.7. The summed E-state index contributed by atoms with van der Waals surface area (Å²) in [5.74, 6) is 0.184. The fraction of sp³-hybridized carbons (Fsp3) is 0.471. The molecule has 1 aromatic carbocycles. The number of hydrogen-bond acceptors (Lipinski definition) is 3. The summed E-state index contributed by atoms with van der Waals surface area (Å²) in [6.45, 7) is 6.23. The van der Waals surface area contributed by atoms with E-state index in [1.807, 2.05) is 47.2 Å². The van der Waals surface area contributed by atoms with Crippen LogP contribution >= 0.6 is 0 Å². The lowest BCUT2D eigenvalue weighted by Crippen LogP contribution is -2.45. The van der Waals surface area contributed by atoms with Crippen LogP contribution in [0, 0.1) is 0 Å². The van der Waals surface area contributed by atoms with Crippen molar-refractivity contribution >= 4 is 11.6 Å². The van der Waals surface area contributed by atoms with E-state index in [0.29, 0.717) is 13.2 Å². The molecule has 114 valence electrons. The molecule has 0 spiro atoms. The van der Waals surface area contributed by atoms with Crippen LogP contribution in [0.4, 0.5) is 5.69 Å². The van der Waals surface area contributed by atoms with Gasteiger partial charge in [0.05, 0.1) is 19.3 Å². The summed E-state index contributed by atoms with van der Waals surface area (Å²) < 4.78 is 5.64. The number of piperidine rings is 1. The number of para-hydroxylation sites is 1. The smallest absolute Gasteiger partial charge is 0.242 e. The predicted molar refractivity (Wildman–Crippen MR) is 85.5 cm³/mol. The minimum Gasteiger partial charge on any atom is -0.374 e. The summed E-state index contributed by atoms with van der Waals surface area (Å²) >= 11 is 0. The van der Waals surface area contributed by atoms with Gasteiger partial charge in [0, 0.05) is 25.8 Å². The van der Waals surface area contributed by atoms with Gasteiger partial charge in [0.2, 0.25) is 5.91 Å². The first-order chi connectivity index (χ1) is 10.2. The molecule has 1 saturated heterocycles. The highest BCUT2D eigenvalue weighted by Gasteiger charge is 2.23. The van der Waals surface area contributed by atoms with Gasteiger partial charge in [-0.25, -0.2) is 0 Å². The summed E-state index contributed by atoms with van der Waals surface area (Å²) in [4.78, 5) is 16.3. The third kappa shape index (κ3) is 4.60. The Kier molecular flexibility index (Phi) is 5.81. The van der Waals surface area contributed by atoms with Crippen molar-refractivity contribution in [2.24, 2.45) is 0 Å². The molecule has 0 radical (unpaired) electrons. The number of nitrogens with zero attached hydrogens (tertiary/aromatic N) is 2. The normalized spacial score (nSPS) is 15.8. The Hall–Kier alpha value is -1.81. The van der Waals surface area contributed by atoms with Gasteiger partial charge in [-0.1, -0.05) is 24.3 Å². The monoisotopic (exact) mass is 288 g/mol. The molecule has 0 unspecified atom stereocenters. The van der Waals surface area contributed by atoms with Crippen LogP contribution in [-0.4, -0.2) is 50.2 Å². The number of ether oxygens (including phenoxy) is 1. The lowest BCUT2D eigenvalue weighted by molar-refractivity contribution is -0.132. The minimum absolute atomic E-state index is 0.184. The van der Waals surface area contributed by atoms with Crippen molar-refractivity contribution in [1.29, 1.82) is 0 Å². The molecule has 1 heterocycles. The highest BCUT2D eigenvalue weighted by molar-refractivity contribution is 5.81. The highest BCUT2D eigenvalue weighted by Crippen LogP contribution is 2.15. The Morgan fingerprint density at radius 2 is 2.05 bits per heavy atom. The Labute approximate surface area is 127 Å². The van der Waals surface area contributed by atoms with Gasteiger partial charge in [0.1, 0.15) is 0 Å². The molecule has 1 amide bonds. The number of carbonyl (C=O) groups excluding carboxylic acids is 1. The number of benzene rings is 1. The summed E-state index contributed by atoms with van der Waals surface area (Å²) in [5, 5.41) is 0. The maximum Gasteiger partial charge on any atom is 0.242 e. The van der Waals surface area contributed by atoms with Crippen LogP contribution in [0.25, 0.3) is 0 Å². The van der Waals surface area contributed by atoms with Crippen molar-refractivity contribution in [1.82, 2.24) is 4.90 Å². The van der Waals surface area contributed by atoms with Gasteiger partial charge in [0.15, 0.2) is 0 Å². The SMILES string of the molecule is C=CCOC1CCN(C(=O)CN(C)c2ccccc2)CC1. The molecule has 0 N–H and O–H groups in total. The van der Waals surface area contributed by atoms with Crippen molar-refractivity contribution in [3.63, 3.8) is 0 Å². The molecular formula is C17H24N2O2. The maximum atomic E-state index is 12.3. The molecule has 1 aliphatic heterocycles. The van der Waals surface area contributed by atoms with Crippen LogP contribution in [0.2, 0.25) is 0 Å². The highest BCUT2D eigenvalue weighted by atomic mass is 16.5. The van der Waals surface area contributed by atoms with E-state index < -0.39 is 0 Å². The fourth-order valence-electron chi connectivity index (χ4n) is 2.55. The van der Waals surface area contributed by atoms with Crippen molar-refractivity contribution in [2.45, 2.75) is 18.9 Å². The third-order valence-corrected chi connectivity index (χ3v) is 3.81. The van der Waals surface area contributed by atoms with Crippen LogP contribution in [0.15, 0.2) is 43.0 Å². The topological polar surface area (TPSA) is 32.8 Å². The second kappa shape index (κ2) is 7.84. The predicted octanol–water partition coefficient (Wildman–Crippen LogP) is 2.32. The largest absolute Gasteiger partial charge is 0.374 e. The average Bonchev–Trinajstić information content (AvgIpc) is 2.54. The van der Waals surface area contributed by atoms with Crippen molar-refractivity contribution < 1.29 is 9.53 Å². The van der Waals surface area contributed by atoms with Crippen molar-refractivity contribution in [3.8, 4) is 0 Å². The van der Waals surface area contributed by atoms with Crippen LogP contribution in [0.1, 0.15) is 12.8 Å². The molecule has 1 aromatic rings. The second-order valence-electron chi connectivity index (χ2n) is 5.39. The number of likely N-dealkylation sites (N-methyl/N-ethyl adjacent to an activating group) is 1. The molecule has 1 aliphatic rings. The van der Waals surface area contributed by atoms with Crippen LogP contribution in [0.5, 0.6) is 0 Å². The molecule has 0 aliphatic carbocycles. The van der Waals surface area contributed by atoms with Crippen molar-refractivity contribution in [2.75, 3.05) is 38.2 Å². The maximum absolute atomic E-state index is 12.3. The summed E-state index contributed by atoms with van der Waals surface area (Å²) in [6, 6.07) is 9.98. The first-order valence-electron chi connectivity index (χ1n) is 7.47. The zero-order chi connectivity index (χ0) is 15.1. The van der Waals surface area contributed by atoms with E-state index in [9.17, 15) is 4.79 Å². The van der Waals surface area contributed by atoms with Crippen LogP contribution in [0.3, 0.4) is 0 Å². The van der Waals surface area contributed by atoms with E-state index in [1.165, 1.54) is 0 Å². The summed E-state index contributed by atoms with van der Waals surface area (Å²) in [7, 11) is 1.95. The standard InChI is InChI=1S/C17H24N2O2/c1-3-13-21-16-9-11-19(12-10-16)17(20)14-18(2)15-7-5-4-6-8-15/h3-8,16H,1,9-14H2,2H3. The van der Waals surface area contributed by atoms with Gasteiger partial charge in [0.25, 0.3) is 0 Å². The van der Waals surface area contributed by atoms with Crippen molar-refractivity contribution in [3.05, 3.63) is 43.0 Å². The number of rotatable bonds is 6. The van der Waals surface area contributed by atoms with Crippen LogP contribution < -0.4 is 4.90 Å². The van der Waals surface area contributed by atoms with Gasteiger partial charge < -0.3 is 14.5 Å². The molecular weight excluding hydrogens is 264 g/mol. The Balaban J connectivity index is 1.78. The average molecular weight is 288 g/mol. The minimum atomic E-state index is 0.184. The number of hydrogen-bond donors (Lipinski definition) is 0. The molecule has 0 bridgehead atoms. The Morgan fingerprint density at radius 1 is 1.38 bits per heavy atom. The molecule has 0 saturated carbocycles. The molecule has 0 atom stereocenters. The zero-order valence-electron chi connectivity index (χ0n) is 12.7. The van der Waals surface area contributed by atoms with Gasteiger partial charge in [-0.05, 0) is 25.0 Å². The molecule has 2 rings (SSSR count). The number of likely N-dealkylation sites (tertiary alicyclic amines) is 1. The van der Waals surface area contributed by atoms with E-state index in [2.05, 4.69) is 6.58 Å². The quantitative estimate of drug-likeness (QED) is 0.753. The van der Waals surface area contributed by atoms with Crippen LogP contribution in [-0.2, 0) is 9.53 Å². The lowest BCUT2D eigenvalue weighted by atomic mass is 10.1. The number of carbonyl (C=O) groups is 1. The Morgan fingerprint density at radius 3 is 2.67 bits per heavy atom. The molecule has 21 heavy (non-hydrogen) atoms. The molecule has 4 nitrogen and oxygen atoms in total. The van der Waals surface area contributed by atoms with Gasteiger partial charge >= 0.3 is 0 Å². The van der Waals surface area contributed by atoms with E-state index >= 15 is 0 Å². The summed E-state index contributed by atoms with van der Waals surface area (Å²) in [6.07, 6.45) is 3.86. The van der Waals surface area contributed by atoms with Gasteiger partial charge in [-0.3, -0.25) is 4.79 Å². The van der Waals surface area contributed by atoms with E-state index in [1.54, 1.807) is 6.08 Å². The Bertz CT molecular complexity index is 453. The lowest BCUT2D eigenvalue weighted by Gasteiger charge is -2.33. The molecule has 1 fully saturated rings. The number of anilines is 1. The molecule has 0 aromatic heterocycles. The summed E-state index contributed by atoms with van der Waals surface area (Å²) in [5.41, 5.74) is 1.06. The second-order valence-corrected chi connectivity index (χ2v) is 5.39. The molecule has 4 heteroatoms. The van der Waals surface area contributed by atoms with E-state index in [-0.39, 0.29) is 12.0 Å². The number of amides is 1. The first-order valence-corrected chi connectivity index (χ1v) is 7.47. The van der Waals surface area contributed by atoms with E-state index in [4.69, 9.17) is 4.74 Å².